The van der Waals surface area contributed by atoms with Crippen LogP contribution in [0.2, 0.25) is 0 Å². The van der Waals surface area contributed by atoms with E-state index in [-0.39, 0.29) is 5.54 Å². The van der Waals surface area contributed by atoms with Gasteiger partial charge in [0, 0.05) is 44.5 Å². The van der Waals surface area contributed by atoms with Gasteiger partial charge in [-0.15, -0.1) is 0 Å². The van der Waals surface area contributed by atoms with Crippen LogP contribution >= 0.6 is 0 Å². The minimum Gasteiger partial charge on any atom is -0.379 e. The second-order valence-electron chi connectivity index (χ2n) is 7.82. The van der Waals surface area contributed by atoms with Crippen LogP contribution in [0, 0.1) is 0 Å². The second kappa shape index (κ2) is 7.97. The van der Waals surface area contributed by atoms with Crippen molar-refractivity contribution < 1.29 is 4.74 Å². The van der Waals surface area contributed by atoms with E-state index < -0.39 is 0 Å². The molecule has 2 heterocycles. The SMILES string of the molecule is CN=C(NCC1(N2CCOCC2)CCCCC1)N1CCc2ccccc21. The van der Waals surface area contributed by atoms with Crippen molar-refractivity contribution in [3.8, 4) is 0 Å². The van der Waals surface area contributed by atoms with Crippen LogP contribution in [-0.2, 0) is 11.2 Å². The van der Waals surface area contributed by atoms with Crippen LogP contribution in [0.25, 0.3) is 0 Å². The molecule has 1 aliphatic carbocycles. The monoisotopic (exact) mass is 356 g/mol. The normalized spacial score (nSPS) is 23.7. The first-order valence-corrected chi connectivity index (χ1v) is 10.2. The number of hydrogen-bond acceptors (Lipinski definition) is 3. The summed E-state index contributed by atoms with van der Waals surface area (Å²) in [6.07, 6.45) is 7.72. The zero-order chi connectivity index (χ0) is 17.8. The highest BCUT2D eigenvalue weighted by atomic mass is 16.5. The van der Waals surface area contributed by atoms with Gasteiger partial charge in [-0.05, 0) is 30.9 Å². The zero-order valence-electron chi connectivity index (χ0n) is 16.0. The van der Waals surface area contributed by atoms with E-state index in [1.807, 2.05) is 7.05 Å². The summed E-state index contributed by atoms with van der Waals surface area (Å²) >= 11 is 0. The summed E-state index contributed by atoms with van der Waals surface area (Å²) in [5.41, 5.74) is 3.00. The standard InChI is InChI=1S/C21H32N4O/c1-22-20(25-12-9-18-7-3-4-8-19(18)25)23-17-21(10-5-2-6-11-21)24-13-15-26-16-14-24/h3-4,7-8H,2,5-6,9-17H2,1H3,(H,22,23). The molecule has 0 bridgehead atoms. The number of fused-ring (bicyclic) bond motifs is 1. The summed E-state index contributed by atoms with van der Waals surface area (Å²) in [6.45, 7) is 5.87. The Bertz CT molecular complexity index is 633. The lowest BCUT2D eigenvalue weighted by atomic mass is 9.79. The number of para-hydroxylation sites is 1. The lowest BCUT2D eigenvalue weighted by Gasteiger charge is -2.48. The van der Waals surface area contributed by atoms with Crippen molar-refractivity contribution in [2.75, 3.05) is 51.3 Å². The van der Waals surface area contributed by atoms with Gasteiger partial charge in [-0.25, -0.2) is 0 Å². The van der Waals surface area contributed by atoms with Gasteiger partial charge >= 0.3 is 0 Å². The maximum absolute atomic E-state index is 5.61. The van der Waals surface area contributed by atoms with Gasteiger partial charge in [-0.1, -0.05) is 37.5 Å². The molecule has 0 spiro atoms. The largest absolute Gasteiger partial charge is 0.379 e. The van der Waals surface area contributed by atoms with Crippen molar-refractivity contribution in [2.45, 2.75) is 44.1 Å². The lowest BCUT2D eigenvalue weighted by molar-refractivity contribution is -0.0352. The third kappa shape index (κ3) is 3.47. The number of guanidine groups is 1. The van der Waals surface area contributed by atoms with E-state index in [0.717, 1.165) is 51.8 Å². The van der Waals surface area contributed by atoms with E-state index >= 15 is 0 Å². The number of ether oxygens (including phenoxy) is 1. The summed E-state index contributed by atoms with van der Waals surface area (Å²) in [4.78, 5) is 9.66. The number of aliphatic imine (C=N–C) groups is 1. The van der Waals surface area contributed by atoms with Gasteiger partial charge in [0.1, 0.15) is 0 Å². The van der Waals surface area contributed by atoms with Crippen molar-refractivity contribution in [1.29, 1.82) is 0 Å². The zero-order valence-corrected chi connectivity index (χ0v) is 16.0. The fraction of sp³-hybridized carbons (Fsp3) is 0.667. The van der Waals surface area contributed by atoms with Crippen LogP contribution in [0.3, 0.4) is 0 Å². The number of morpholine rings is 1. The Kier molecular flexibility index (Phi) is 5.46. The molecule has 0 aromatic heterocycles. The molecule has 5 heteroatoms. The van der Waals surface area contributed by atoms with Crippen LogP contribution in [-0.4, -0.2) is 62.8 Å². The van der Waals surface area contributed by atoms with E-state index in [1.165, 1.54) is 43.4 Å². The number of nitrogens with zero attached hydrogens (tertiary/aromatic N) is 3. The molecule has 1 aromatic rings. The fourth-order valence-electron chi connectivity index (χ4n) is 4.95. The van der Waals surface area contributed by atoms with Crippen molar-refractivity contribution in [3.63, 3.8) is 0 Å². The topological polar surface area (TPSA) is 40.1 Å². The van der Waals surface area contributed by atoms with Gasteiger partial charge in [0.2, 0.25) is 0 Å². The molecule has 0 radical (unpaired) electrons. The van der Waals surface area contributed by atoms with Gasteiger partial charge < -0.3 is 15.0 Å². The molecule has 1 aromatic carbocycles. The molecule has 1 saturated carbocycles. The van der Waals surface area contributed by atoms with Gasteiger partial charge in [-0.3, -0.25) is 9.89 Å². The highest BCUT2D eigenvalue weighted by Crippen LogP contribution is 2.34. The Morgan fingerprint density at radius 2 is 1.88 bits per heavy atom. The molecule has 0 atom stereocenters. The molecule has 2 aliphatic heterocycles. The van der Waals surface area contributed by atoms with E-state index in [9.17, 15) is 0 Å². The lowest BCUT2D eigenvalue weighted by Crippen LogP contribution is -2.60. The number of nitrogens with one attached hydrogen (secondary N) is 1. The molecule has 142 valence electrons. The number of anilines is 1. The van der Waals surface area contributed by atoms with Crippen LogP contribution in [0.4, 0.5) is 5.69 Å². The molecule has 5 nitrogen and oxygen atoms in total. The predicted octanol–water partition coefficient (Wildman–Crippen LogP) is 2.66. The molecule has 1 saturated heterocycles. The number of rotatable bonds is 3. The van der Waals surface area contributed by atoms with Crippen LogP contribution in [0.1, 0.15) is 37.7 Å². The Balaban J connectivity index is 1.48. The Labute approximate surface area is 157 Å². The third-order valence-electron chi connectivity index (χ3n) is 6.40. The average molecular weight is 357 g/mol. The quantitative estimate of drug-likeness (QED) is 0.668. The Hall–Kier alpha value is -1.59. The molecule has 0 amide bonds. The molecular formula is C21H32N4O. The maximum Gasteiger partial charge on any atom is 0.198 e. The molecule has 2 fully saturated rings. The number of benzene rings is 1. The van der Waals surface area contributed by atoms with Gasteiger partial charge in [0.25, 0.3) is 0 Å². The molecule has 26 heavy (non-hydrogen) atoms. The Morgan fingerprint density at radius 3 is 2.65 bits per heavy atom. The van der Waals surface area contributed by atoms with Crippen molar-refractivity contribution in [1.82, 2.24) is 10.2 Å². The minimum atomic E-state index is 0.261. The summed E-state index contributed by atoms with van der Waals surface area (Å²) in [6, 6.07) is 8.71. The average Bonchev–Trinajstić information content (AvgIpc) is 3.14. The summed E-state index contributed by atoms with van der Waals surface area (Å²) in [7, 11) is 1.91. The van der Waals surface area contributed by atoms with E-state index in [4.69, 9.17) is 4.74 Å². The molecular weight excluding hydrogens is 324 g/mol. The van der Waals surface area contributed by atoms with Crippen molar-refractivity contribution in [2.24, 2.45) is 4.99 Å². The highest BCUT2D eigenvalue weighted by Gasteiger charge is 2.39. The summed E-state index contributed by atoms with van der Waals surface area (Å²) in [5, 5.41) is 3.75. The highest BCUT2D eigenvalue weighted by molar-refractivity contribution is 5.97. The number of hydrogen-bond donors (Lipinski definition) is 1. The smallest absolute Gasteiger partial charge is 0.198 e. The third-order valence-corrected chi connectivity index (χ3v) is 6.40. The van der Waals surface area contributed by atoms with Gasteiger partial charge in [0.05, 0.1) is 13.2 Å². The van der Waals surface area contributed by atoms with Gasteiger partial charge in [0.15, 0.2) is 5.96 Å². The van der Waals surface area contributed by atoms with Crippen LogP contribution in [0.5, 0.6) is 0 Å². The molecule has 1 N–H and O–H groups in total. The van der Waals surface area contributed by atoms with Crippen LogP contribution < -0.4 is 10.2 Å². The summed E-state index contributed by atoms with van der Waals surface area (Å²) in [5.74, 6) is 1.02. The van der Waals surface area contributed by atoms with E-state index in [2.05, 4.69) is 44.4 Å². The van der Waals surface area contributed by atoms with Crippen molar-refractivity contribution >= 4 is 11.6 Å². The minimum absolute atomic E-state index is 0.261. The first-order valence-electron chi connectivity index (χ1n) is 10.2. The van der Waals surface area contributed by atoms with Gasteiger partial charge in [-0.2, -0.15) is 0 Å². The molecule has 0 unspecified atom stereocenters. The summed E-state index contributed by atoms with van der Waals surface area (Å²) < 4.78 is 5.61. The molecule has 3 aliphatic rings. The van der Waals surface area contributed by atoms with Crippen molar-refractivity contribution in [3.05, 3.63) is 29.8 Å². The Morgan fingerprint density at radius 1 is 1.12 bits per heavy atom. The predicted molar refractivity (Wildman–Crippen MR) is 107 cm³/mol. The van der Waals surface area contributed by atoms with E-state index in [1.54, 1.807) is 0 Å². The fourth-order valence-corrected chi connectivity index (χ4v) is 4.95. The maximum atomic E-state index is 5.61. The first kappa shape index (κ1) is 17.8. The second-order valence-corrected chi connectivity index (χ2v) is 7.82. The van der Waals surface area contributed by atoms with E-state index in [0.29, 0.717) is 0 Å². The van der Waals surface area contributed by atoms with Crippen LogP contribution in [0.15, 0.2) is 29.3 Å². The molecule has 4 rings (SSSR count). The first-order chi connectivity index (χ1) is 12.8.